The van der Waals surface area contributed by atoms with Gasteiger partial charge in [-0.05, 0) is 11.6 Å². The minimum absolute atomic E-state index is 0.0228. The molecule has 110 valence electrons. The topological polar surface area (TPSA) is 80.6 Å². The van der Waals surface area contributed by atoms with Crippen LogP contribution >= 0.6 is 0 Å². The number of carbonyl (C=O) groups is 1. The molecule has 0 aliphatic heterocycles. The minimum Gasteiger partial charge on any atom is -0.299 e. The molecule has 22 heavy (non-hydrogen) atoms. The molecule has 3 rings (SSSR count). The van der Waals surface area contributed by atoms with Crippen LogP contribution in [-0.4, -0.2) is 25.5 Å². The van der Waals surface area contributed by atoms with Crippen LogP contribution in [0.4, 0.5) is 0 Å². The molecule has 0 aliphatic rings. The van der Waals surface area contributed by atoms with Gasteiger partial charge >= 0.3 is 0 Å². The first kappa shape index (κ1) is 13.9. The minimum atomic E-state index is -0.318. The lowest BCUT2D eigenvalue weighted by atomic mass is 10.0. The van der Waals surface area contributed by atoms with Gasteiger partial charge in [0.1, 0.15) is 5.78 Å². The Balaban J connectivity index is 1.73. The summed E-state index contributed by atoms with van der Waals surface area (Å²) in [6.07, 6.45) is 5.08. The lowest BCUT2D eigenvalue weighted by Gasteiger charge is -2.03. The largest absolute Gasteiger partial charge is 0.299 e. The molecule has 1 N–H and O–H groups in total. The van der Waals surface area contributed by atoms with E-state index in [1.807, 2.05) is 30.3 Å². The Kier molecular flexibility index (Phi) is 3.91. The smallest absolute Gasteiger partial charge is 0.255 e. The number of nitrogens with zero attached hydrogens (tertiary/aromatic N) is 3. The lowest BCUT2D eigenvalue weighted by molar-refractivity contribution is -0.117. The fourth-order valence-electron chi connectivity index (χ4n) is 2.15. The van der Waals surface area contributed by atoms with Crippen molar-refractivity contribution in [2.45, 2.75) is 12.8 Å². The molecule has 6 nitrogen and oxygen atoms in total. The second-order valence-electron chi connectivity index (χ2n) is 4.89. The SMILES string of the molecule is O=C(Cc1ccccc1)Cc1cnc(-n2cccn2)[nH]c1=O. The van der Waals surface area contributed by atoms with Gasteiger partial charge in [-0.2, -0.15) is 5.10 Å². The molecule has 0 aliphatic carbocycles. The fraction of sp³-hybridized carbons (Fsp3) is 0.125. The van der Waals surface area contributed by atoms with E-state index in [0.29, 0.717) is 17.9 Å². The molecule has 0 saturated carbocycles. The van der Waals surface area contributed by atoms with Crippen LogP contribution in [0.1, 0.15) is 11.1 Å². The maximum absolute atomic E-state index is 12.0. The first-order valence-electron chi connectivity index (χ1n) is 6.86. The van der Waals surface area contributed by atoms with Gasteiger partial charge in [0.15, 0.2) is 0 Å². The van der Waals surface area contributed by atoms with Crippen molar-refractivity contribution in [2.24, 2.45) is 0 Å². The number of aromatic nitrogens is 4. The summed E-state index contributed by atoms with van der Waals surface area (Å²) < 4.78 is 1.46. The van der Waals surface area contributed by atoms with Gasteiger partial charge in [-0.25, -0.2) is 9.67 Å². The number of aromatic amines is 1. The number of Topliss-reactive ketones (excluding diaryl/α,β-unsaturated/α-hetero) is 1. The van der Waals surface area contributed by atoms with Gasteiger partial charge in [0.2, 0.25) is 5.95 Å². The van der Waals surface area contributed by atoms with E-state index in [9.17, 15) is 9.59 Å². The molecule has 0 fully saturated rings. The summed E-state index contributed by atoms with van der Waals surface area (Å²) in [6.45, 7) is 0. The van der Waals surface area contributed by atoms with Crippen molar-refractivity contribution in [2.75, 3.05) is 0 Å². The summed E-state index contributed by atoms with van der Waals surface area (Å²) >= 11 is 0. The van der Waals surface area contributed by atoms with Crippen LogP contribution in [0.25, 0.3) is 5.95 Å². The van der Waals surface area contributed by atoms with E-state index in [-0.39, 0.29) is 17.8 Å². The number of H-pyrrole nitrogens is 1. The first-order chi connectivity index (χ1) is 10.7. The Labute approximate surface area is 126 Å². The number of ketones is 1. The molecule has 0 unspecified atom stereocenters. The Bertz CT molecular complexity index is 823. The second-order valence-corrected chi connectivity index (χ2v) is 4.89. The molecular formula is C16H14N4O2. The number of carbonyl (C=O) groups excluding carboxylic acids is 1. The molecule has 0 saturated heterocycles. The zero-order valence-electron chi connectivity index (χ0n) is 11.8. The Morgan fingerprint density at radius 3 is 2.64 bits per heavy atom. The predicted molar refractivity (Wildman–Crippen MR) is 80.8 cm³/mol. The third-order valence-corrected chi connectivity index (χ3v) is 3.21. The number of benzene rings is 1. The van der Waals surface area contributed by atoms with E-state index in [1.165, 1.54) is 10.9 Å². The van der Waals surface area contributed by atoms with Crippen LogP contribution in [0.2, 0.25) is 0 Å². The monoisotopic (exact) mass is 294 g/mol. The number of hydrogen-bond donors (Lipinski definition) is 1. The number of nitrogens with one attached hydrogen (secondary N) is 1. The van der Waals surface area contributed by atoms with Gasteiger partial charge < -0.3 is 0 Å². The molecule has 0 radical (unpaired) electrons. The molecule has 3 aromatic rings. The van der Waals surface area contributed by atoms with Crippen molar-refractivity contribution in [3.05, 3.63) is 76.5 Å². The van der Waals surface area contributed by atoms with Crippen molar-refractivity contribution in [3.8, 4) is 5.95 Å². The van der Waals surface area contributed by atoms with E-state index < -0.39 is 0 Å². The predicted octanol–water partition coefficient (Wildman–Crippen LogP) is 1.31. The highest BCUT2D eigenvalue weighted by Crippen LogP contribution is 2.03. The maximum Gasteiger partial charge on any atom is 0.255 e. The van der Waals surface area contributed by atoms with Crippen LogP contribution in [0, 0.1) is 0 Å². The summed E-state index contributed by atoms with van der Waals surface area (Å²) in [7, 11) is 0. The molecule has 2 heterocycles. The van der Waals surface area contributed by atoms with Gasteiger partial charge in [0, 0.05) is 37.0 Å². The summed E-state index contributed by atoms with van der Waals surface area (Å²) in [5.74, 6) is 0.305. The van der Waals surface area contributed by atoms with Gasteiger partial charge in [-0.1, -0.05) is 30.3 Å². The van der Waals surface area contributed by atoms with Gasteiger partial charge in [-0.3, -0.25) is 14.6 Å². The summed E-state index contributed by atoms with van der Waals surface area (Å²) in [6, 6.07) is 11.2. The van der Waals surface area contributed by atoms with E-state index in [4.69, 9.17) is 0 Å². The maximum atomic E-state index is 12.0. The van der Waals surface area contributed by atoms with E-state index >= 15 is 0 Å². The fourth-order valence-corrected chi connectivity index (χ4v) is 2.15. The molecule has 0 amide bonds. The molecule has 6 heteroatoms. The summed E-state index contributed by atoms with van der Waals surface area (Å²) in [5, 5.41) is 3.99. The highest BCUT2D eigenvalue weighted by atomic mass is 16.1. The quantitative estimate of drug-likeness (QED) is 0.769. The number of rotatable bonds is 5. The normalized spacial score (nSPS) is 10.5. The van der Waals surface area contributed by atoms with Crippen LogP contribution < -0.4 is 5.56 Å². The van der Waals surface area contributed by atoms with Crippen LogP contribution in [-0.2, 0) is 17.6 Å². The van der Waals surface area contributed by atoms with E-state index in [1.54, 1.807) is 18.5 Å². The zero-order chi connectivity index (χ0) is 15.4. The molecule has 0 spiro atoms. The molecule has 0 atom stereocenters. The average Bonchev–Trinajstić information content (AvgIpc) is 3.04. The average molecular weight is 294 g/mol. The van der Waals surface area contributed by atoms with Crippen molar-refractivity contribution >= 4 is 5.78 Å². The number of hydrogen-bond acceptors (Lipinski definition) is 4. The third-order valence-electron chi connectivity index (χ3n) is 3.21. The molecule has 0 bridgehead atoms. The van der Waals surface area contributed by atoms with Crippen molar-refractivity contribution in [1.82, 2.24) is 19.7 Å². The molecule has 2 aromatic heterocycles. The van der Waals surface area contributed by atoms with E-state index in [2.05, 4.69) is 15.1 Å². The lowest BCUT2D eigenvalue weighted by Crippen LogP contribution is -2.20. The third kappa shape index (κ3) is 3.17. The Hall–Kier alpha value is -3.02. The van der Waals surface area contributed by atoms with Crippen molar-refractivity contribution in [1.29, 1.82) is 0 Å². The Morgan fingerprint density at radius 1 is 1.14 bits per heavy atom. The molecule has 1 aromatic carbocycles. The van der Waals surface area contributed by atoms with Crippen LogP contribution in [0.5, 0.6) is 0 Å². The Morgan fingerprint density at radius 2 is 1.95 bits per heavy atom. The highest BCUT2D eigenvalue weighted by molar-refractivity contribution is 5.82. The van der Waals surface area contributed by atoms with Gasteiger partial charge in [-0.15, -0.1) is 0 Å². The standard InChI is InChI=1S/C16H14N4O2/c21-14(9-12-5-2-1-3-6-12)10-13-11-17-16(19-15(13)22)20-8-4-7-18-20/h1-8,11H,9-10H2,(H,17,19,22). The van der Waals surface area contributed by atoms with E-state index in [0.717, 1.165) is 5.56 Å². The first-order valence-corrected chi connectivity index (χ1v) is 6.86. The molecular weight excluding hydrogens is 280 g/mol. The van der Waals surface area contributed by atoms with Crippen LogP contribution in [0.3, 0.4) is 0 Å². The second kappa shape index (κ2) is 6.17. The van der Waals surface area contributed by atoms with Gasteiger partial charge in [0.25, 0.3) is 5.56 Å². The van der Waals surface area contributed by atoms with Crippen molar-refractivity contribution in [3.63, 3.8) is 0 Å². The van der Waals surface area contributed by atoms with Crippen LogP contribution in [0.15, 0.2) is 59.8 Å². The van der Waals surface area contributed by atoms with Crippen molar-refractivity contribution < 1.29 is 4.79 Å². The summed E-state index contributed by atoms with van der Waals surface area (Å²) in [4.78, 5) is 30.8. The summed E-state index contributed by atoms with van der Waals surface area (Å²) in [5.41, 5.74) is 0.976. The highest BCUT2D eigenvalue weighted by Gasteiger charge is 2.10. The van der Waals surface area contributed by atoms with Gasteiger partial charge in [0.05, 0.1) is 0 Å². The zero-order valence-corrected chi connectivity index (χ0v) is 11.8.